The molecule has 0 aliphatic carbocycles. The summed E-state index contributed by atoms with van der Waals surface area (Å²) < 4.78 is 1.24. The molecule has 1 aliphatic heterocycles. The van der Waals surface area contributed by atoms with Crippen molar-refractivity contribution < 1.29 is 9.72 Å². The zero-order valence-electron chi connectivity index (χ0n) is 7.53. The van der Waals surface area contributed by atoms with Gasteiger partial charge >= 0.3 is 5.70 Å². The van der Waals surface area contributed by atoms with Crippen LogP contribution in [0.5, 0.6) is 0 Å². The van der Waals surface area contributed by atoms with Gasteiger partial charge in [0.25, 0.3) is 0 Å². The summed E-state index contributed by atoms with van der Waals surface area (Å²) >= 11 is 7.01. The Balaban J connectivity index is 3.06. The topological polar surface area (TPSA) is 63.5 Å². The Labute approximate surface area is 90.3 Å². The number of ketones is 1. The molecule has 0 aromatic rings. The zero-order valence-corrected chi connectivity index (χ0v) is 9.10. The average molecular weight is 237 g/mol. The minimum atomic E-state index is -0.675. The van der Waals surface area contributed by atoms with Gasteiger partial charge < -0.3 is 0 Å². The van der Waals surface area contributed by atoms with Crippen molar-refractivity contribution >= 4 is 29.3 Å². The number of carbonyl (C=O) groups is 1. The van der Waals surface area contributed by atoms with Gasteiger partial charge in [-0.1, -0.05) is 0 Å². The molecule has 1 saturated heterocycles. The van der Waals surface area contributed by atoms with Crippen molar-refractivity contribution in [1.82, 2.24) is 4.42 Å². The van der Waals surface area contributed by atoms with Crippen LogP contribution in [0.1, 0.15) is 13.3 Å². The smallest absolute Gasteiger partial charge is 0.287 e. The van der Waals surface area contributed by atoms with Crippen LogP contribution in [-0.4, -0.2) is 27.4 Å². The van der Waals surface area contributed by atoms with Crippen molar-refractivity contribution in [2.24, 2.45) is 0 Å². The number of nitro groups is 1. The predicted octanol–water partition coefficient (Wildman–Crippen LogP) is 1.61. The van der Waals surface area contributed by atoms with E-state index in [0.29, 0.717) is 6.54 Å². The molecule has 0 N–H and O–H groups in total. The second kappa shape index (κ2) is 4.65. The number of allylic oxidation sites excluding steroid dienone is 1. The van der Waals surface area contributed by atoms with Gasteiger partial charge in [-0.15, -0.1) is 11.8 Å². The molecule has 78 valence electrons. The predicted molar refractivity (Wildman–Crippen MR) is 54.3 cm³/mol. The molecule has 1 fully saturated rings. The van der Waals surface area contributed by atoms with Crippen LogP contribution >= 0.6 is 23.5 Å². The second-order valence-corrected chi connectivity index (χ2v) is 4.25. The van der Waals surface area contributed by atoms with Crippen LogP contribution in [0, 0.1) is 10.1 Å². The molecule has 0 radical (unpaired) electrons. The third-order valence-corrected chi connectivity index (χ3v) is 3.29. The molecule has 5 nitrogen and oxygen atoms in total. The quantitative estimate of drug-likeness (QED) is 0.316. The Hall–Kier alpha value is -0.750. The third kappa shape index (κ3) is 2.39. The number of rotatable bonds is 2. The van der Waals surface area contributed by atoms with E-state index in [1.807, 2.05) is 0 Å². The highest BCUT2D eigenvalue weighted by Gasteiger charge is 2.29. The maximum Gasteiger partial charge on any atom is 0.342 e. The molecule has 0 amide bonds. The lowest BCUT2D eigenvalue weighted by molar-refractivity contribution is -0.419. The van der Waals surface area contributed by atoms with Crippen LogP contribution in [0.2, 0.25) is 0 Å². The summed E-state index contributed by atoms with van der Waals surface area (Å²) in [7, 11) is 0. The third-order valence-electron chi connectivity index (χ3n) is 1.68. The van der Waals surface area contributed by atoms with Crippen molar-refractivity contribution in [3.05, 3.63) is 20.8 Å². The van der Waals surface area contributed by atoms with Crippen LogP contribution in [-0.2, 0) is 4.79 Å². The van der Waals surface area contributed by atoms with Gasteiger partial charge in [0.05, 0.1) is 4.92 Å². The molecule has 0 saturated carbocycles. The minimum Gasteiger partial charge on any atom is -0.287 e. The number of nitrogens with zero attached hydrogens (tertiary/aromatic N) is 2. The standard InChI is InChI=1S/C7H9ClN2O3S/c1-5(11)6(10(12)13)7-9(8)3-2-4-14-7/h2-4H2,1H3/b7-6+. The zero-order chi connectivity index (χ0) is 10.7. The monoisotopic (exact) mass is 236 g/mol. The highest BCUT2D eigenvalue weighted by atomic mass is 35.5. The lowest BCUT2D eigenvalue weighted by Crippen LogP contribution is -2.23. The van der Waals surface area contributed by atoms with Crippen molar-refractivity contribution in [2.75, 3.05) is 12.3 Å². The summed E-state index contributed by atoms with van der Waals surface area (Å²) in [6, 6.07) is 0. The van der Waals surface area contributed by atoms with Crippen LogP contribution in [0.25, 0.3) is 0 Å². The van der Waals surface area contributed by atoms with E-state index in [9.17, 15) is 14.9 Å². The first-order chi connectivity index (χ1) is 6.54. The van der Waals surface area contributed by atoms with Crippen molar-refractivity contribution in [3.63, 3.8) is 0 Å². The summed E-state index contributed by atoms with van der Waals surface area (Å²) in [5.74, 6) is 0.188. The fourth-order valence-corrected chi connectivity index (χ4v) is 2.48. The van der Waals surface area contributed by atoms with E-state index in [-0.39, 0.29) is 5.03 Å². The molecule has 0 bridgehead atoms. The Morgan fingerprint density at radius 2 is 2.36 bits per heavy atom. The number of thioether (sulfide) groups is 1. The minimum absolute atomic E-state index is 0.260. The SMILES string of the molecule is CC(=O)/C(=C1\SCCCN1Cl)[N+](=O)[O-]. The normalized spacial score (nSPS) is 20.6. The molecule has 0 unspecified atom stereocenters. The van der Waals surface area contributed by atoms with E-state index in [1.54, 1.807) is 0 Å². The first-order valence-electron chi connectivity index (χ1n) is 3.99. The van der Waals surface area contributed by atoms with E-state index in [2.05, 4.69) is 0 Å². The maximum atomic E-state index is 11.0. The van der Waals surface area contributed by atoms with E-state index in [1.165, 1.54) is 23.1 Å². The number of hydrogen-bond donors (Lipinski definition) is 0. The van der Waals surface area contributed by atoms with E-state index in [0.717, 1.165) is 12.2 Å². The highest BCUT2D eigenvalue weighted by Crippen LogP contribution is 2.31. The summed E-state index contributed by atoms with van der Waals surface area (Å²) in [4.78, 5) is 21.0. The lowest BCUT2D eigenvalue weighted by Gasteiger charge is -2.22. The van der Waals surface area contributed by atoms with Crippen LogP contribution in [0.3, 0.4) is 0 Å². The van der Waals surface area contributed by atoms with Gasteiger partial charge in [0.1, 0.15) is 0 Å². The first-order valence-corrected chi connectivity index (χ1v) is 5.32. The fourth-order valence-electron chi connectivity index (χ4n) is 1.08. The molecule has 7 heteroatoms. The van der Waals surface area contributed by atoms with E-state index in [4.69, 9.17) is 11.8 Å². The molecular formula is C7H9ClN2O3S. The van der Waals surface area contributed by atoms with Gasteiger partial charge in [-0.25, -0.2) is 0 Å². The van der Waals surface area contributed by atoms with E-state index < -0.39 is 16.4 Å². The number of hydrogen-bond acceptors (Lipinski definition) is 5. The summed E-state index contributed by atoms with van der Waals surface area (Å²) in [6.45, 7) is 1.71. The van der Waals surface area contributed by atoms with Gasteiger partial charge in [-0.2, -0.15) is 0 Å². The Morgan fingerprint density at radius 1 is 1.71 bits per heavy atom. The molecule has 14 heavy (non-hydrogen) atoms. The summed E-state index contributed by atoms with van der Waals surface area (Å²) in [6.07, 6.45) is 0.862. The molecule has 0 aromatic carbocycles. The molecule has 0 aromatic heterocycles. The molecule has 0 spiro atoms. The largest absolute Gasteiger partial charge is 0.342 e. The van der Waals surface area contributed by atoms with E-state index >= 15 is 0 Å². The molecule has 1 heterocycles. The van der Waals surface area contributed by atoms with Crippen LogP contribution in [0.4, 0.5) is 0 Å². The van der Waals surface area contributed by atoms with Gasteiger partial charge in [0, 0.05) is 31.0 Å². The molecule has 0 atom stereocenters. The van der Waals surface area contributed by atoms with Crippen molar-refractivity contribution in [3.8, 4) is 0 Å². The van der Waals surface area contributed by atoms with Gasteiger partial charge in [-0.3, -0.25) is 19.3 Å². The number of halogens is 1. The second-order valence-electron chi connectivity index (χ2n) is 2.75. The number of carbonyl (C=O) groups excluding carboxylic acids is 1. The molecular weight excluding hydrogens is 228 g/mol. The van der Waals surface area contributed by atoms with Crippen molar-refractivity contribution in [2.45, 2.75) is 13.3 Å². The summed E-state index contributed by atoms with van der Waals surface area (Å²) in [5.41, 5.74) is -0.412. The maximum absolute atomic E-state index is 11.0. The average Bonchev–Trinajstić information content (AvgIpc) is 2.07. The summed E-state index contributed by atoms with van der Waals surface area (Å²) in [5, 5.41) is 10.9. The Morgan fingerprint density at radius 3 is 2.79 bits per heavy atom. The highest BCUT2D eigenvalue weighted by molar-refractivity contribution is 8.03. The van der Waals surface area contributed by atoms with Gasteiger partial charge in [-0.05, 0) is 6.42 Å². The van der Waals surface area contributed by atoms with Crippen LogP contribution < -0.4 is 0 Å². The Kier molecular flexibility index (Phi) is 3.77. The first kappa shape index (κ1) is 11.3. The number of Topliss-reactive ketones (excluding diaryl/α,β-unsaturated/α-hetero) is 1. The lowest BCUT2D eigenvalue weighted by atomic mass is 10.3. The fraction of sp³-hybridized carbons (Fsp3) is 0.571. The Bertz CT molecular complexity index is 289. The van der Waals surface area contributed by atoms with Crippen LogP contribution in [0.15, 0.2) is 10.7 Å². The van der Waals surface area contributed by atoms with Gasteiger partial charge in [0.15, 0.2) is 5.03 Å². The molecule has 1 aliphatic rings. The van der Waals surface area contributed by atoms with Gasteiger partial charge in [0.2, 0.25) is 5.78 Å². The van der Waals surface area contributed by atoms with Crippen molar-refractivity contribution in [1.29, 1.82) is 0 Å². The molecule has 1 rings (SSSR count).